The number of hydrogen-bond acceptors (Lipinski definition) is 2. The van der Waals surface area contributed by atoms with Crippen LogP contribution in [-0.4, -0.2) is 40.6 Å². The Balaban J connectivity index is 2.43. The summed E-state index contributed by atoms with van der Waals surface area (Å²) in [7, 11) is 0. The molecule has 0 fully saturated rings. The molecule has 106 valence electrons. The van der Waals surface area contributed by atoms with E-state index in [-0.39, 0.29) is 12.5 Å². The predicted molar refractivity (Wildman–Crippen MR) is 81.0 cm³/mol. The standard InChI is InChI=1S/C16H20N2O2/c1-4-7-18(8-9-19)16(20)15-12(3)13-10-11(2)5-6-14(13)17-15/h4-6,10,17,19H,1,7-9H2,2-3H3. The molecular formula is C16H20N2O2. The van der Waals surface area contributed by atoms with Crippen LogP contribution >= 0.6 is 0 Å². The van der Waals surface area contributed by atoms with Gasteiger partial charge in [-0.25, -0.2) is 0 Å². The first-order valence-electron chi connectivity index (χ1n) is 6.68. The molecule has 0 aliphatic heterocycles. The zero-order valence-electron chi connectivity index (χ0n) is 11.9. The molecule has 4 nitrogen and oxygen atoms in total. The number of hydrogen-bond donors (Lipinski definition) is 2. The predicted octanol–water partition coefficient (Wildman–Crippen LogP) is 2.41. The summed E-state index contributed by atoms with van der Waals surface area (Å²) < 4.78 is 0. The molecule has 0 radical (unpaired) electrons. The molecule has 0 spiro atoms. The van der Waals surface area contributed by atoms with Crippen LogP contribution < -0.4 is 0 Å². The number of aromatic nitrogens is 1. The Kier molecular flexibility index (Phi) is 4.25. The second-order valence-electron chi connectivity index (χ2n) is 4.94. The van der Waals surface area contributed by atoms with Crippen molar-refractivity contribution in [2.75, 3.05) is 19.7 Å². The smallest absolute Gasteiger partial charge is 0.270 e. The number of aliphatic hydroxyl groups is 1. The lowest BCUT2D eigenvalue weighted by Gasteiger charge is -2.19. The number of carbonyl (C=O) groups excluding carboxylic acids is 1. The zero-order chi connectivity index (χ0) is 14.7. The summed E-state index contributed by atoms with van der Waals surface area (Å²) in [5, 5.41) is 10.1. The van der Waals surface area contributed by atoms with Crippen LogP contribution in [0.15, 0.2) is 30.9 Å². The van der Waals surface area contributed by atoms with Gasteiger partial charge in [0, 0.05) is 24.0 Å². The average molecular weight is 272 g/mol. The van der Waals surface area contributed by atoms with Crippen LogP contribution in [0.4, 0.5) is 0 Å². The summed E-state index contributed by atoms with van der Waals surface area (Å²) in [4.78, 5) is 17.3. The number of benzene rings is 1. The van der Waals surface area contributed by atoms with Crippen molar-refractivity contribution in [3.63, 3.8) is 0 Å². The third-order valence-electron chi connectivity index (χ3n) is 3.43. The quantitative estimate of drug-likeness (QED) is 0.821. The van der Waals surface area contributed by atoms with E-state index in [0.29, 0.717) is 18.8 Å². The summed E-state index contributed by atoms with van der Waals surface area (Å²) in [5.74, 6) is -0.106. The minimum Gasteiger partial charge on any atom is -0.395 e. The van der Waals surface area contributed by atoms with Gasteiger partial charge in [0.1, 0.15) is 5.69 Å². The number of aliphatic hydroxyl groups excluding tert-OH is 1. The van der Waals surface area contributed by atoms with E-state index in [2.05, 4.69) is 17.6 Å². The highest BCUT2D eigenvalue weighted by Crippen LogP contribution is 2.23. The number of rotatable bonds is 5. The van der Waals surface area contributed by atoms with Crippen molar-refractivity contribution in [3.8, 4) is 0 Å². The van der Waals surface area contributed by atoms with Crippen LogP contribution in [0.5, 0.6) is 0 Å². The van der Waals surface area contributed by atoms with Gasteiger partial charge in [0.05, 0.1) is 6.61 Å². The van der Waals surface area contributed by atoms with Crippen LogP contribution in [0.25, 0.3) is 10.9 Å². The molecule has 2 aromatic rings. The van der Waals surface area contributed by atoms with E-state index in [9.17, 15) is 4.79 Å². The minimum absolute atomic E-state index is 0.0576. The summed E-state index contributed by atoms with van der Waals surface area (Å²) >= 11 is 0. The van der Waals surface area contributed by atoms with Crippen LogP contribution in [0, 0.1) is 13.8 Å². The summed E-state index contributed by atoms with van der Waals surface area (Å²) in [6.45, 7) is 8.29. The van der Waals surface area contributed by atoms with E-state index >= 15 is 0 Å². The highest BCUT2D eigenvalue weighted by molar-refractivity contribution is 6.01. The molecule has 0 aliphatic carbocycles. The third-order valence-corrected chi connectivity index (χ3v) is 3.43. The second kappa shape index (κ2) is 5.92. The van der Waals surface area contributed by atoms with Crippen molar-refractivity contribution < 1.29 is 9.90 Å². The maximum absolute atomic E-state index is 12.5. The number of H-pyrrole nitrogens is 1. The Morgan fingerprint density at radius 3 is 2.85 bits per heavy atom. The first kappa shape index (κ1) is 14.3. The fraction of sp³-hybridized carbons (Fsp3) is 0.312. The van der Waals surface area contributed by atoms with Crippen LogP contribution in [-0.2, 0) is 0 Å². The molecule has 1 aromatic carbocycles. The first-order valence-corrected chi connectivity index (χ1v) is 6.68. The Morgan fingerprint density at radius 1 is 1.45 bits per heavy atom. The first-order chi connectivity index (χ1) is 9.58. The van der Waals surface area contributed by atoms with Crippen molar-refractivity contribution in [1.29, 1.82) is 0 Å². The van der Waals surface area contributed by atoms with E-state index in [4.69, 9.17) is 5.11 Å². The van der Waals surface area contributed by atoms with Crippen LogP contribution in [0.3, 0.4) is 0 Å². The monoisotopic (exact) mass is 272 g/mol. The molecule has 1 amide bonds. The van der Waals surface area contributed by atoms with Gasteiger partial charge in [-0.1, -0.05) is 17.7 Å². The lowest BCUT2D eigenvalue weighted by Crippen LogP contribution is -2.34. The Bertz CT molecular complexity index is 643. The molecule has 0 saturated heterocycles. The van der Waals surface area contributed by atoms with Gasteiger partial charge in [-0.15, -0.1) is 6.58 Å². The van der Waals surface area contributed by atoms with E-state index < -0.39 is 0 Å². The van der Waals surface area contributed by atoms with E-state index in [1.807, 2.05) is 26.0 Å². The molecule has 0 unspecified atom stereocenters. The average Bonchev–Trinajstić information content (AvgIpc) is 2.75. The third kappa shape index (κ3) is 2.60. The molecule has 4 heteroatoms. The maximum atomic E-state index is 12.5. The van der Waals surface area contributed by atoms with E-state index in [1.54, 1.807) is 11.0 Å². The van der Waals surface area contributed by atoms with E-state index in [1.165, 1.54) is 0 Å². The highest BCUT2D eigenvalue weighted by atomic mass is 16.3. The number of aryl methyl sites for hydroxylation is 2. The lowest BCUT2D eigenvalue weighted by atomic mass is 10.1. The molecular weight excluding hydrogens is 252 g/mol. The van der Waals surface area contributed by atoms with Crippen molar-refractivity contribution in [2.45, 2.75) is 13.8 Å². The molecule has 0 saturated carbocycles. The van der Waals surface area contributed by atoms with Crippen molar-refractivity contribution in [1.82, 2.24) is 9.88 Å². The second-order valence-corrected chi connectivity index (χ2v) is 4.94. The Morgan fingerprint density at radius 2 is 2.20 bits per heavy atom. The van der Waals surface area contributed by atoms with Gasteiger partial charge in [0.15, 0.2) is 0 Å². The molecule has 1 aromatic heterocycles. The van der Waals surface area contributed by atoms with Gasteiger partial charge < -0.3 is 15.0 Å². The zero-order valence-corrected chi connectivity index (χ0v) is 11.9. The van der Waals surface area contributed by atoms with Crippen molar-refractivity contribution in [2.24, 2.45) is 0 Å². The van der Waals surface area contributed by atoms with Gasteiger partial charge in [-0.2, -0.15) is 0 Å². The number of nitrogens with zero attached hydrogens (tertiary/aromatic N) is 1. The topological polar surface area (TPSA) is 56.3 Å². The number of nitrogens with one attached hydrogen (secondary N) is 1. The molecule has 0 bridgehead atoms. The fourth-order valence-corrected chi connectivity index (χ4v) is 2.36. The fourth-order valence-electron chi connectivity index (χ4n) is 2.36. The van der Waals surface area contributed by atoms with Crippen LogP contribution in [0.1, 0.15) is 21.6 Å². The van der Waals surface area contributed by atoms with E-state index in [0.717, 1.165) is 22.0 Å². The number of aromatic amines is 1. The molecule has 2 rings (SSSR count). The lowest BCUT2D eigenvalue weighted by molar-refractivity contribution is 0.0737. The Labute approximate surface area is 118 Å². The molecule has 2 N–H and O–H groups in total. The van der Waals surface area contributed by atoms with Gasteiger partial charge >= 0.3 is 0 Å². The van der Waals surface area contributed by atoms with Gasteiger partial charge in [-0.05, 0) is 31.5 Å². The molecule has 0 aliphatic rings. The maximum Gasteiger partial charge on any atom is 0.270 e. The van der Waals surface area contributed by atoms with Crippen molar-refractivity contribution >= 4 is 16.8 Å². The van der Waals surface area contributed by atoms with Gasteiger partial charge in [0.2, 0.25) is 0 Å². The highest BCUT2D eigenvalue weighted by Gasteiger charge is 2.19. The van der Waals surface area contributed by atoms with Gasteiger partial charge in [-0.3, -0.25) is 4.79 Å². The molecule has 1 heterocycles. The SMILES string of the molecule is C=CCN(CCO)C(=O)c1[nH]c2ccc(C)cc2c1C. The molecule has 20 heavy (non-hydrogen) atoms. The largest absolute Gasteiger partial charge is 0.395 e. The number of amides is 1. The number of carbonyl (C=O) groups is 1. The van der Waals surface area contributed by atoms with Crippen molar-refractivity contribution in [3.05, 3.63) is 47.7 Å². The van der Waals surface area contributed by atoms with Crippen LogP contribution in [0.2, 0.25) is 0 Å². The molecule has 0 atom stereocenters. The Hall–Kier alpha value is -2.07. The summed E-state index contributed by atoms with van der Waals surface area (Å²) in [6.07, 6.45) is 1.66. The normalized spacial score (nSPS) is 10.8. The minimum atomic E-state index is -0.106. The number of fused-ring (bicyclic) bond motifs is 1. The summed E-state index contributed by atoms with van der Waals surface area (Å²) in [5.41, 5.74) is 3.65. The summed E-state index contributed by atoms with van der Waals surface area (Å²) in [6, 6.07) is 6.07. The van der Waals surface area contributed by atoms with Gasteiger partial charge in [0.25, 0.3) is 5.91 Å².